The Morgan fingerprint density at radius 2 is 0.850 bits per heavy atom. The van der Waals surface area contributed by atoms with Crippen molar-refractivity contribution in [3.8, 4) is 0 Å². The summed E-state index contributed by atoms with van der Waals surface area (Å²) in [6.45, 7) is 7.39. The van der Waals surface area contributed by atoms with Crippen molar-refractivity contribution in [2.75, 3.05) is 72.5 Å². The van der Waals surface area contributed by atoms with Crippen LogP contribution in [0.25, 0.3) is 0 Å². The van der Waals surface area contributed by atoms with Crippen molar-refractivity contribution in [2.24, 2.45) is 5.73 Å². The number of carbonyl (C=O) groups is 2. The summed E-state index contributed by atoms with van der Waals surface area (Å²) in [7, 11) is 0. The molecule has 0 aliphatic carbocycles. The van der Waals surface area contributed by atoms with Crippen LogP contribution < -0.4 is 16.4 Å². The predicted molar refractivity (Wildman–Crippen MR) is 163 cm³/mol. The highest BCUT2D eigenvalue weighted by Gasteiger charge is 2.02. The highest BCUT2D eigenvalue weighted by Crippen LogP contribution is 2.13. The van der Waals surface area contributed by atoms with Crippen molar-refractivity contribution < 1.29 is 28.5 Å². The molecule has 0 rings (SSSR count). The van der Waals surface area contributed by atoms with Gasteiger partial charge in [-0.1, -0.05) is 96.8 Å². The zero-order chi connectivity index (χ0) is 29.2. The van der Waals surface area contributed by atoms with Gasteiger partial charge < -0.3 is 35.3 Å². The van der Waals surface area contributed by atoms with Gasteiger partial charge in [-0.3, -0.25) is 9.59 Å². The number of nitrogens with one attached hydrogen (secondary N) is 2. The molecule has 0 bridgehead atoms. The third-order valence-corrected chi connectivity index (χ3v) is 6.62. The minimum atomic E-state index is -0.0668. The first-order valence-corrected chi connectivity index (χ1v) is 16.2. The van der Waals surface area contributed by atoms with Gasteiger partial charge >= 0.3 is 0 Å². The maximum absolute atomic E-state index is 11.9. The SMILES string of the molecule is CCCCCCCCCCCCCCCCCC(=O)NCCOCCOCCNC(=O)CCOCCOCCN. The van der Waals surface area contributed by atoms with E-state index in [1.165, 1.54) is 83.5 Å². The number of rotatable bonds is 33. The molecule has 0 heterocycles. The van der Waals surface area contributed by atoms with E-state index in [0.29, 0.717) is 85.3 Å². The van der Waals surface area contributed by atoms with E-state index >= 15 is 0 Å². The standard InChI is InChI=1S/C31H63N3O6/c1-2-3-4-5-6-7-8-9-10-11-12-13-14-15-16-17-30(35)33-20-24-39-28-29-40-25-21-34-31(36)18-22-37-26-27-38-23-19-32/h2-29,32H2,1H3,(H,33,35)(H,34,36). The van der Waals surface area contributed by atoms with Gasteiger partial charge in [0.25, 0.3) is 0 Å². The summed E-state index contributed by atoms with van der Waals surface area (Å²) in [6, 6.07) is 0. The molecule has 4 N–H and O–H groups in total. The number of amides is 2. The Morgan fingerprint density at radius 1 is 0.475 bits per heavy atom. The average Bonchev–Trinajstić information content (AvgIpc) is 2.95. The van der Waals surface area contributed by atoms with Crippen LogP contribution in [0.2, 0.25) is 0 Å². The topological polar surface area (TPSA) is 121 Å². The van der Waals surface area contributed by atoms with Crippen LogP contribution in [-0.4, -0.2) is 84.3 Å². The van der Waals surface area contributed by atoms with Gasteiger partial charge in [0.2, 0.25) is 11.8 Å². The van der Waals surface area contributed by atoms with E-state index in [0.717, 1.165) is 12.8 Å². The lowest BCUT2D eigenvalue weighted by atomic mass is 10.0. The summed E-state index contributed by atoms with van der Waals surface area (Å²) in [5.41, 5.74) is 5.32. The van der Waals surface area contributed by atoms with E-state index < -0.39 is 0 Å². The van der Waals surface area contributed by atoms with Crippen LogP contribution in [0.15, 0.2) is 0 Å². The number of carbonyl (C=O) groups excluding carboxylic acids is 2. The second-order valence-corrected chi connectivity index (χ2v) is 10.4. The maximum Gasteiger partial charge on any atom is 0.222 e. The number of unbranched alkanes of at least 4 members (excludes halogenated alkanes) is 14. The molecule has 0 aliphatic rings. The molecule has 0 atom stereocenters. The van der Waals surface area contributed by atoms with E-state index in [4.69, 9.17) is 24.7 Å². The number of hydrogen-bond donors (Lipinski definition) is 3. The smallest absolute Gasteiger partial charge is 0.222 e. The van der Waals surface area contributed by atoms with Crippen molar-refractivity contribution in [1.82, 2.24) is 10.6 Å². The molecule has 9 heteroatoms. The Hall–Kier alpha value is -1.26. The van der Waals surface area contributed by atoms with E-state index in [1.54, 1.807) is 0 Å². The third-order valence-electron chi connectivity index (χ3n) is 6.62. The van der Waals surface area contributed by atoms with Crippen molar-refractivity contribution >= 4 is 11.8 Å². The van der Waals surface area contributed by atoms with Crippen LogP contribution in [0, 0.1) is 0 Å². The normalized spacial score (nSPS) is 11.2. The van der Waals surface area contributed by atoms with Gasteiger partial charge in [-0.15, -0.1) is 0 Å². The van der Waals surface area contributed by atoms with Crippen LogP contribution in [0.3, 0.4) is 0 Å². The molecule has 238 valence electrons. The Labute approximate surface area is 245 Å². The zero-order valence-corrected chi connectivity index (χ0v) is 25.8. The molecule has 0 aromatic rings. The Balaban J connectivity index is 3.22. The lowest BCUT2D eigenvalue weighted by molar-refractivity contribution is -0.123. The van der Waals surface area contributed by atoms with Crippen molar-refractivity contribution in [2.45, 2.75) is 116 Å². The molecule has 0 saturated carbocycles. The van der Waals surface area contributed by atoms with E-state index in [9.17, 15) is 9.59 Å². The number of nitrogens with two attached hydrogens (primary N) is 1. The van der Waals surface area contributed by atoms with Gasteiger partial charge in [-0.05, 0) is 6.42 Å². The lowest BCUT2D eigenvalue weighted by Gasteiger charge is -2.08. The Morgan fingerprint density at radius 3 is 1.30 bits per heavy atom. The summed E-state index contributed by atoms with van der Waals surface area (Å²) < 4.78 is 21.4. The molecule has 0 unspecified atom stereocenters. The Bertz CT molecular complexity index is 539. The molecule has 9 nitrogen and oxygen atoms in total. The van der Waals surface area contributed by atoms with Gasteiger partial charge in [0, 0.05) is 32.5 Å². The van der Waals surface area contributed by atoms with Crippen molar-refractivity contribution in [1.29, 1.82) is 0 Å². The molecule has 0 aliphatic heterocycles. The fourth-order valence-electron chi connectivity index (χ4n) is 4.25. The zero-order valence-electron chi connectivity index (χ0n) is 25.8. The monoisotopic (exact) mass is 573 g/mol. The highest BCUT2D eigenvalue weighted by molar-refractivity contribution is 5.76. The van der Waals surface area contributed by atoms with Gasteiger partial charge in [0.15, 0.2) is 0 Å². The number of hydrogen-bond acceptors (Lipinski definition) is 7. The van der Waals surface area contributed by atoms with Gasteiger partial charge in [-0.25, -0.2) is 0 Å². The summed E-state index contributed by atoms with van der Waals surface area (Å²) in [4.78, 5) is 23.6. The second-order valence-electron chi connectivity index (χ2n) is 10.4. The third kappa shape index (κ3) is 32.9. The molecule has 2 amide bonds. The van der Waals surface area contributed by atoms with E-state index in [2.05, 4.69) is 17.6 Å². The van der Waals surface area contributed by atoms with E-state index in [1.807, 2.05) is 0 Å². The van der Waals surface area contributed by atoms with Crippen LogP contribution in [0.5, 0.6) is 0 Å². The average molecular weight is 574 g/mol. The molecule has 40 heavy (non-hydrogen) atoms. The minimum absolute atomic E-state index is 0.0668. The molecule has 0 aromatic carbocycles. The summed E-state index contributed by atoms with van der Waals surface area (Å²) in [5.74, 6) is 0.0402. The summed E-state index contributed by atoms with van der Waals surface area (Å²) in [5, 5.41) is 5.70. The summed E-state index contributed by atoms with van der Waals surface area (Å²) in [6.07, 6.45) is 20.8. The quantitative estimate of drug-likeness (QED) is 0.0956. The molecule has 0 fully saturated rings. The van der Waals surface area contributed by atoms with Gasteiger partial charge in [-0.2, -0.15) is 0 Å². The predicted octanol–water partition coefficient (Wildman–Crippen LogP) is 4.90. The van der Waals surface area contributed by atoms with Crippen LogP contribution in [0.1, 0.15) is 116 Å². The molecule has 0 saturated heterocycles. The minimum Gasteiger partial charge on any atom is -0.379 e. The number of ether oxygens (including phenoxy) is 4. The van der Waals surface area contributed by atoms with Crippen LogP contribution in [0.4, 0.5) is 0 Å². The largest absolute Gasteiger partial charge is 0.379 e. The molecule has 0 radical (unpaired) electrons. The van der Waals surface area contributed by atoms with Crippen LogP contribution in [-0.2, 0) is 28.5 Å². The lowest BCUT2D eigenvalue weighted by Crippen LogP contribution is -2.29. The van der Waals surface area contributed by atoms with Gasteiger partial charge in [0.1, 0.15) is 0 Å². The first-order chi connectivity index (χ1) is 19.7. The maximum atomic E-state index is 11.9. The Kier molecular flexibility index (Phi) is 32.9. The summed E-state index contributed by atoms with van der Waals surface area (Å²) >= 11 is 0. The van der Waals surface area contributed by atoms with Crippen molar-refractivity contribution in [3.63, 3.8) is 0 Å². The fraction of sp³-hybridized carbons (Fsp3) is 0.935. The molecule has 0 aromatic heterocycles. The molecular weight excluding hydrogens is 510 g/mol. The van der Waals surface area contributed by atoms with E-state index in [-0.39, 0.29) is 11.8 Å². The fourth-order valence-corrected chi connectivity index (χ4v) is 4.25. The first-order valence-electron chi connectivity index (χ1n) is 16.2. The van der Waals surface area contributed by atoms with Gasteiger partial charge in [0.05, 0.1) is 52.9 Å². The molecular formula is C31H63N3O6. The van der Waals surface area contributed by atoms with Crippen LogP contribution >= 0.6 is 0 Å². The second kappa shape index (κ2) is 33.9. The first kappa shape index (κ1) is 38.7. The van der Waals surface area contributed by atoms with Crippen molar-refractivity contribution in [3.05, 3.63) is 0 Å². The highest BCUT2D eigenvalue weighted by atomic mass is 16.5. The molecule has 0 spiro atoms.